The van der Waals surface area contributed by atoms with E-state index in [0.717, 1.165) is 6.07 Å². The molecular formula is C13H15FN2O4. The summed E-state index contributed by atoms with van der Waals surface area (Å²) in [5.74, 6) is -2.50. The normalized spacial score (nSPS) is 11.5. The number of carbonyl (C=O) groups excluding carboxylic acids is 3. The number of benzene rings is 1. The van der Waals surface area contributed by atoms with Crippen molar-refractivity contribution in [2.24, 2.45) is 5.73 Å². The van der Waals surface area contributed by atoms with Gasteiger partial charge in [-0.25, -0.2) is 4.39 Å². The van der Waals surface area contributed by atoms with E-state index >= 15 is 0 Å². The second-order valence-electron chi connectivity index (χ2n) is 4.05. The van der Waals surface area contributed by atoms with E-state index in [1.807, 2.05) is 0 Å². The molecule has 0 aromatic heterocycles. The number of hydrogen-bond donors (Lipinski definition) is 2. The topological polar surface area (TPSA) is 98.5 Å². The summed E-state index contributed by atoms with van der Waals surface area (Å²) in [5, 5.41) is 2.35. The molecular weight excluding hydrogens is 267 g/mol. The van der Waals surface area contributed by atoms with Gasteiger partial charge in [-0.3, -0.25) is 14.4 Å². The molecule has 0 saturated carbocycles. The van der Waals surface area contributed by atoms with Crippen LogP contribution in [0.5, 0.6) is 0 Å². The van der Waals surface area contributed by atoms with Gasteiger partial charge in [0.15, 0.2) is 0 Å². The van der Waals surface area contributed by atoms with Gasteiger partial charge in [0.25, 0.3) is 5.91 Å². The number of hydrogen-bond acceptors (Lipinski definition) is 4. The molecule has 7 heteroatoms. The Morgan fingerprint density at radius 3 is 2.65 bits per heavy atom. The Bertz CT molecular complexity index is 519. The quantitative estimate of drug-likeness (QED) is 0.736. The average Bonchev–Trinajstić information content (AvgIpc) is 2.42. The number of carbonyl (C=O) groups is 3. The van der Waals surface area contributed by atoms with Gasteiger partial charge in [-0.05, 0) is 24.6 Å². The van der Waals surface area contributed by atoms with E-state index < -0.39 is 29.6 Å². The predicted octanol–water partition coefficient (Wildman–Crippen LogP) is 0.363. The van der Waals surface area contributed by atoms with Crippen LogP contribution in [0.3, 0.4) is 0 Å². The molecule has 0 radical (unpaired) electrons. The Balaban J connectivity index is 2.68. The number of rotatable bonds is 6. The van der Waals surface area contributed by atoms with Gasteiger partial charge >= 0.3 is 5.97 Å². The summed E-state index contributed by atoms with van der Waals surface area (Å²) < 4.78 is 17.4. The highest BCUT2D eigenvalue weighted by atomic mass is 19.1. The van der Waals surface area contributed by atoms with Crippen LogP contribution in [0.4, 0.5) is 4.39 Å². The smallest absolute Gasteiger partial charge is 0.305 e. The molecule has 0 aliphatic carbocycles. The van der Waals surface area contributed by atoms with Crippen molar-refractivity contribution in [3.63, 3.8) is 0 Å². The van der Waals surface area contributed by atoms with E-state index in [2.05, 4.69) is 10.1 Å². The summed E-state index contributed by atoms with van der Waals surface area (Å²) >= 11 is 0. The van der Waals surface area contributed by atoms with Crippen molar-refractivity contribution in [3.8, 4) is 0 Å². The molecule has 1 aromatic rings. The van der Waals surface area contributed by atoms with Crippen LogP contribution in [-0.2, 0) is 14.3 Å². The molecule has 0 saturated heterocycles. The summed E-state index contributed by atoms with van der Waals surface area (Å²) in [6, 6.07) is 3.98. The van der Waals surface area contributed by atoms with Crippen molar-refractivity contribution in [3.05, 3.63) is 35.6 Å². The molecule has 0 aliphatic rings. The summed E-state index contributed by atoms with van der Waals surface area (Å²) in [4.78, 5) is 34.0. The molecule has 0 spiro atoms. The van der Waals surface area contributed by atoms with Crippen LogP contribution >= 0.6 is 0 Å². The lowest BCUT2D eigenvalue weighted by Gasteiger charge is -2.14. The maximum absolute atomic E-state index is 13.0. The van der Waals surface area contributed by atoms with E-state index in [4.69, 9.17) is 5.73 Å². The molecule has 1 rings (SSSR count). The fourth-order valence-corrected chi connectivity index (χ4v) is 1.52. The van der Waals surface area contributed by atoms with E-state index in [1.54, 1.807) is 0 Å². The lowest BCUT2D eigenvalue weighted by atomic mass is 10.1. The van der Waals surface area contributed by atoms with Crippen LogP contribution in [0.25, 0.3) is 0 Å². The highest BCUT2D eigenvalue weighted by Gasteiger charge is 2.20. The minimum absolute atomic E-state index is 0.0169. The van der Waals surface area contributed by atoms with Crippen LogP contribution in [0.15, 0.2) is 24.3 Å². The zero-order chi connectivity index (χ0) is 15.1. The molecule has 0 bridgehead atoms. The number of halogens is 1. The molecule has 0 heterocycles. The minimum Gasteiger partial charge on any atom is -0.469 e. The number of esters is 1. The zero-order valence-electron chi connectivity index (χ0n) is 10.9. The van der Waals surface area contributed by atoms with Crippen molar-refractivity contribution < 1.29 is 23.5 Å². The maximum Gasteiger partial charge on any atom is 0.305 e. The first kappa shape index (κ1) is 15.6. The molecule has 6 nitrogen and oxygen atoms in total. The van der Waals surface area contributed by atoms with Gasteiger partial charge in [0.1, 0.15) is 11.9 Å². The second kappa shape index (κ2) is 7.22. The Hall–Kier alpha value is -2.44. The molecule has 0 fully saturated rings. The summed E-state index contributed by atoms with van der Waals surface area (Å²) in [5.41, 5.74) is 5.20. The van der Waals surface area contributed by atoms with Gasteiger partial charge in [-0.1, -0.05) is 6.07 Å². The van der Waals surface area contributed by atoms with Crippen LogP contribution in [0.1, 0.15) is 23.2 Å². The third-order valence-electron chi connectivity index (χ3n) is 2.60. The molecule has 2 amide bonds. The van der Waals surface area contributed by atoms with E-state index in [-0.39, 0.29) is 18.4 Å². The third-order valence-corrected chi connectivity index (χ3v) is 2.60. The molecule has 1 atom stereocenters. The molecule has 3 N–H and O–H groups in total. The number of ether oxygens (including phenoxy) is 1. The number of primary amides is 1. The standard InChI is InChI=1S/C13H15FN2O4/c1-20-11(17)6-5-10(12(15)18)16-13(19)8-3-2-4-9(14)7-8/h2-4,7,10H,5-6H2,1H3,(H2,15,18)(H,16,19)/t10-/m0/s1. The number of amides is 2. The van der Waals surface area contributed by atoms with Crippen molar-refractivity contribution in [2.75, 3.05) is 7.11 Å². The Morgan fingerprint density at radius 1 is 1.40 bits per heavy atom. The predicted molar refractivity (Wildman–Crippen MR) is 68.1 cm³/mol. The van der Waals surface area contributed by atoms with E-state index in [9.17, 15) is 18.8 Å². The van der Waals surface area contributed by atoms with Crippen molar-refractivity contribution >= 4 is 17.8 Å². The van der Waals surface area contributed by atoms with E-state index in [1.165, 1.54) is 25.3 Å². The van der Waals surface area contributed by atoms with Crippen molar-refractivity contribution in [1.82, 2.24) is 5.32 Å². The Morgan fingerprint density at radius 2 is 2.10 bits per heavy atom. The Labute approximate surface area is 115 Å². The third kappa shape index (κ3) is 4.68. The first-order chi connectivity index (χ1) is 9.43. The van der Waals surface area contributed by atoms with Gasteiger partial charge in [0.05, 0.1) is 7.11 Å². The summed E-state index contributed by atoms with van der Waals surface area (Å²) in [6.45, 7) is 0. The zero-order valence-corrected chi connectivity index (χ0v) is 10.9. The highest BCUT2D eigenvalue weighted by molar-refractivity contribution is 5.97. The van der Waals surface area contributed by atoms with Gasteiger partial charge in [0, 0.05) is 12.0 Å². The molecule has 0 unspecified atom stereocenters. The largest absolute Gasteiger partial charge is 0.469 e. The lowest BCUT2D eigenvalue weighted by Crippen LogP contribution is -2.44. The van der Waals surface area contributed by atoms with Crippen LogP contribution in [0.2, 0.25) is 0 Å². The monoisotopic (exact) mass is 282 g/mol. The van der Waals surface area contributed by atoms with Crippen LogP contribution in [0, 0.1) is 5.82 Å². The van der Waals surface area contributed by atoms with Crippen molar-refractivity contribution in [1.29, 1.82) is 0 Å². The highest BCUT2D eigenvalue weighted by Crippen LogP contribution is 2.05. The average molecular weight is 282 g/mol. The molecule has 1 aromatic carbocycles. The molecule has 20 heavy (non-hydrogen) atoms. The first-order valence-corrected chi connectivity index (χ1v) is 5.86. The maximum atomic E-state index is 13.0. The fraction of sp³-hybridized carbons (Fsp3) is 0.308. The van der Waals surface area contributed by atoms with Gasteiger partial charge in [0.2, 0.25) is 5.91 Å². The van der Waals surface area contributed by atoms with Crippen molar-refractivity contribution in [2.45, 2.75) is 18.9 Å². The SMILES string of the molecule is COC(=O)CC[C@H](NC(=O)c1cccc(F)c1)C(N)=O. The number of nitrogens with two attached hydrogens (primary N) is 1. The fourth-order valence-electron chi connectivity index (χ4n) is 1.52. The van der Waals surface area contributed by atoms with Gasteiger partial charge in [-0.2, -0.15) is 0 Å². The van der Waals surface area contributed by atoms with Crippen LogP contribution < -0.4 is 11.1 Å². The van der Waals surface area contributed by atoms with E-state index in [0.29, 0.717) is 0 Å². The summed E-state index contributed by atoms with van der Waals surface area (Å²) in [6.07, 6.45) is -0.0450. The number of methoxy groups -OCH3 is 1. The summed E-state index contributed by atoms with van der Waals surface area (Å²) in [7, 11) is 1.22. The van der Waals surface area contributed by atoms with Gasteiger partial charge in [-0.15, -0.1) is 0 Å². The molecule has 0 aliphatic heterocycles. The van der Waals surface area contributed by atoms with Gasteiger partial charge < -0.3 is 15.8 Å². The van der Waals surface area contributed by atoms with Crippen LogP contribution in [-0.4, -0.2) is 30.9 Å². The Kier molecular flexibility index (Phi) is 5.64. The number of nitrogens with one attached hydrogen (secondary N) is 1. The minimum atomic E-state index is -1.02. The first-order valence-electron chi connectivity index (χ1n) is 5.86. The lowest BCUT2D eigenvalue weighted by molar-refractivity contribution is -0.140. The second-order valence-corrected chi connectivity index (χ2v) is 4.05. The molecule has 108 valence electrons.